The number of rotatable bonds is 5. The van der Waals surface area contributed by atoms with Crippen LogP contribution in [0, 0.1) is 0 Å². The lowest BCUT2D eigenvalue weighted by Gasteiger charge is -2.46. The van der Waals surface area contributed by atoms with Gasteiger partial charge >= 0.3 is 0 Å². The maximum absolute atomic E-state index is 11.2. The van der Waals surface area contributed by atoms with Gasteiger partial charge in [0.1, 0.15) is 9.84 Å². The maximum atomic E-state index is 11.2. The molecule has 0 heterocycles. The number of sulfone groups is 1. The molecule has 0 amide bonds. The second kappa shape index (κ2) is 5.02. The van der Waals surface area contributed by atoms with Crippen LogP contribution < -0.4 is 0 Å². The van der Waals surface area contributed by atoms with Crippen molar-refractivity contribution >= 4 is 9.84 Å². The first-order valence-electron chi connectivity index (χ1n) is 6.35. The Morgan fingerprint density at radius 2 is 1.89 bits per heavy atom. The van der Waals surface area contributed by atoms with E-state index in [2.05, 4.69) is 0 Å². The van der Waals surface area contributed by atoms with Crippen LogP contribution in [0.3, 0.4) is 0 Å². The average Bonchev–Trinajstić information content (AvgIpc) is 2.25. The molecule has 1 N–H and O–H groups in total. The lowest BCUT2D eigenvalue weighted by Crippen LogP contribution is -2.46. The Kier molecular flexibility index (Phi) is 3.78. The fraction of sp³-hybridized carbons (Fsp3) is 0.571. The van der Waals surface area contributed by atoms with Gasteiger partial charge in [-0.3, -0.25) is 0 Å². The predicted octanol–water partition coefficient (Wildman–Crippen LogP) is 1.90. The third-order valence-electron chi connectivity index (χ3n) is 3.99. The highest BCUT2D eigenvalue weighted by atomic mass is 32.2. The van der Waals surface area contributed by atoms with E-state index >= 15 is 0 Å². The van der Waals surface area contributed by atoms with Crippen molar-refractivity contribution in [3.8, 4) is 0 Å². The van der Waals surface area contributed by atoms with Crippen molar-refractivity contribution in [1.29, 1.82) is 0 Å². The summed E-state index contributed by atoms with van der Waals surface area (Å²) in [7, 11) is -3.01. The van der Waals surface area contributed by atoms with Gasteiger partial charge in [-0.1, -0.05) is 36.8 Å². The zero-order chi connectivity index (χ0) is 13.2. The monoisotopic (exact) mass is 268 g/mol. The molecule has 0 aliphatic heterocycles. The van der Waals surface area contributed by atoms with E-state index in [-0.39, 0.29) is 11.2 Å². The summed E-state index contributed by atoms with van der Waals surface area (Å²) in [5.74, 6) is 0.0583. The average molecular weight is 268 g/mol. The summed E-state index contributed by atoms with van der Waals surface area (Å²) in [6, 6.07) is 9.96. The number of hydrogen-bond acceptors (Lipinski definition) is 3. The van der Waals surface area contributed by atoms with Crippen LogP contribution in [0.5, 0.6) is 0 Å². The van der Waals surface area contributed by atoms with Crippen LogP contribution >= 0.6 is 0 Å². The minimum Gasteiger partial charge on any atom is -0.392 e. The van der Waals surface area contributed by atoms with Gasteiger partial charge in [0, 0.05) is 11.7 Å². The van der Waals surface area contributed by atoms with Crippen molar-refractivity contribution in [3.63, 3.8) is 0 Å². The van der Waals surface area contributed by atoms with Gasteiger partial charge in [-0.15, -0.1) is 0 Å². The molecular weight excluding hydrogens is 248 g/mol. The van der Waals surface area contributed by atoms with E-state index < -0.39 is 15.9 Å². The van der Waals surface area contributed by atoms with Gasteiger partial charge in [-0.2, -0.15) is 0 Å². The molecule has 0 bridgehead atoms. The number of hydrogen-bond donors (Lipinski definition) is 1. The Hall–Kier alpha value is -0.870. The molecule has 1 saturated carbocycles. The summed E-state index contributed by atoms with van der Waals surface area (Å²) < 4.78 is 22.4. The van der Waals surface area contributed by atoms with E-state index in [0.717, 1.165) is 24.8 Å². The van der Waals surface area contributed by atoms with Crippen LogP contribution in [-0.4, -0.2) is 31.6 Å². The van der Waals surface area contributed by atoms with Crippen molar-refractivity contribution < 1.29 is 13.5 Å². The maximum Gasteiger partial charge on any atom is 0.147 e. The molecule has 0 radical (unpaired) electrons. The first kappa shape index (κ1) is 13.6. The van der Waals surface area contributed by atoms with E-state index in [1.165, 1.54) is 6.26 Å². The van der Waals surface area contributed by atoms with Gasteiger partial charge < -0.3 is 5.11 Å². The number of aliphatic hydroxyl groups is 1. The Balaban J connectivity index is 2.13. The summed E-state index contributed by atoms with van der Waals surface area (Å²) in [4.78, 5) is 0. The molecular formula is C14H20O3S. The van der Waals surface area contributed by atoms with Crippen LogP contribution in [0.2, 0.25) is 0 Å². The molecule has 3 nitrogen and oxygen atoms in total. The number of aliphatic hydroxyl groups excluding tert-OH is 1. The molecule has 1 atom stereocenters. The first-order chi connectivity index (χ1) is 8.44. The zero-order valence-corrected chi connectivity index (χ0v) is 11.5. The molecule has 1 aliphatic carbocycles. The molecule has 1 unspecified atom stereocenters. The Morgan fingerprint density at radius 3 is 2.33 bits per heavy atom. The molecule has 0 saturated heterocycles. The third-order valence-corrected chi connectivity index (χ3v) is 4.97. The minimum atomic E-state index is -3.01. The van der Waals surface area contributed by atoms with E-state index in [0.29, 0.717) is 6.42 Å². The highest BCUT2D eigenvalue weighted by Gasteiger charge is 2.44. The molecule has 1 fully saturated rings. The lowest BCUT2D eigenvalue weighted by atomic mass is 9.60. The molecule has 1 aromatic carbocycles. The second-order valence-electron chi connectivity index (χ2n) is 5.31. The van der Waals surface area contributed by atoms with Gasteiger partial charge in [-0.05, 0) is 24.8 Å². The quantitative estimate of drug-likeness (QED) is 0.887. The fourth-order valence-electron chi connectivity index (χ4n) is 2.74. The van der Waals surface area contributed by atoms with Crippen molar-refractivity contribution in [1.82, 2.24) is 0 Å². The predicted molar refractivity (Wildman–Crippen MR) is 72.3 cm³/mol. The highest BCUT2D eigenvalue weighted by Crippen LogP contribution is 2.47. The molecule has 18 heavy (non-hydrogen) atoms. The molecule has 0 aromatic heterocycles. The molecule has 1 aromatic rings. The van der Waals surface area contributed by atoms with Crippen molar-refractivity contribution in [2.24, 2.45) is 0 Å². The zero-order valence-electron chi connectivity index (χ0n) is 10.7. The second-order valence-corrected chi connectivity index (χ2v) is 7.57. The Bertz CT molecular complexity index is 489. The lowest BCUT2D eigenvalue weighted by molar-refractivity contribution is 0.0262. The van der Waals surface area contributed by atoms with Crippen molar-refractivity contribution in [2.75, 3.05) is 12.0 Å². The Morgan fingerprint density at radius 1 is 1.28 bits per heavy atom. The topological polar surface area (TPSA) is 54.4 Å². The van der Waals surface area contributed by atoms with Crippen LogP contribution in [0.1, 0.15) is 31.2 Å². The Labute approximate surface area is 109 Å². The summed E-state index contributed by atoms with van der Waals surface area (Å²) in [5.41, 5.74) is 0.920. The van der Waals surface area contributed by atoms with Crippen LogP contribution in [0.4, 0.5) is 0 Å². The van der Waals surface area contributed by atoms with E-state index in [1.807, 2.05) is 30.3 Å². The van der Waals surface area contributed by atoms with Crippen LogP contribution in [-0.2, 0) is 15.3 Å². The van der Waals surface area contributed by atoms with Crippen molar-refractivity contribution in [3.05, 3.63) is 35.9 Å². The molecule has 2 rings (SSSR count). The SMILES string of the molecule is CS(=O)(=O)CCC(O)C1(c2ccccc2)CCC1. The molecule has 4 heteroatoms. The van der Waals surface area contributed by atoms with Gasteiger partial charge in [0.2, 0.25) is 0 Å². The highest BCUT2D eigenvalue weighted by molar-refractivity contribution is 7.90. The standard InChI is InChI=1S/C14H20O3S/c1-18(16,17)11-8-13(15)14(9-5-10-14)12-6-3-2-4-7-12/h2-4,6-7,13,15H,5,8-11H2,1H3. The van der Waals surface area contributed by atoms with E-state index in [9.17, 15) is 13.5 Å². The summed E-state index contributed by atoms with van der Waals surface area (Å²) in [6.45, 7) is 0. The van der Waals surface area contributed by atoms with Gasteiger partial charge in [-0.25, -0.2) is 8.42 Å². The normalized spacial score (nSPS) is 20.1. The van der Waals surface area contributed by atoms with Gasteiger partial charge in [0.25, 0.3) is 0 Å². The summed E-state index contributed by atoms with van der Waals surface area (Å²) in [6.07, 6.45) is 3.97. The smallest absolute Gasteiger partial charge is 0.147 e. The van der Waals surface area contributed by atoms with Crippen LogP contribution in [0.15, 0.2) is 30.3 Å². The van der Waals surface area contributed by atoms with E-state index in [1.54, 1.807) is 0 Å². The first-order valence-corrected chi connectivity index (χ1v) is 8.41. The van der Waals surface area contributed by atoms with Crippen molar-refractivity contribution in [2.45, 2.75) is 37.2 Å². The third kappa shape index (κ3) is 2.75. The summed E-state index contributed by atoms with van der Waals surface area (Å²) in [5, 5.41) is 10.4. The van der Waals surface area contributed by atoms with Gasteiger partial charge in [0.05, 0.1) is 11.9 Å². The number of benzene rings is 1. The molecule has 1 aliphatic rings. The minimum absolute atomic E-state index is 0.0583. The summed E-state index contributed by atoms with van der Waals surface area (Å²) >= 11 is 0. The van der Waals surface area contributed by atoms with Crippen LogP contribution in [0.25, 0.3) is 0 Å². The molecule has 0 spiro atoms. The van der Waals surface area contributed by atoms with Gasteiger partial charge in [0.15, 0.2) is 0 Å². The molecule has 100 valence electrons. The largest absolute Gasteiger partial charge is 0.392 e. The fourth-order valence-corrected chi connectivity index (χ4v) is 3.40. The van der Waals surface area contributed by atoms with E-state index in [4.69, 9.17) is 0 Å².